The Hall–Kier alpha value is -1.20. The van der Waals surface area contributed by atoms with Crippen molar-refractivity contribution in [3.05, 3.63) is 35.4 Å². The Balaban J connectivity index is 0.00000163. The Morgan fingerprint density at radius 1 is 1.19 bits per heavy atom. The van der Waals surface area contributed by atoms with Crippen LogP contribution in [-0.4, -0.2) is 21.8 Å². The normalized spacial score (nSPS) is 18.7. The second kappa shape index (κ2) is 11.5. The number of fused-ring (bicyclic) bond motifs is 1. The second-order valence-electron chi connectivity index (χ2n) is 6.25. The molecule has 1 aromatic rings. The average molecular weight is 385 g/mol. The average Bonchev–Trinajstić information content (AvgIpc) is 2.92. The molecule has 1 aromatic carbocycles. The van der Waals surface area contributed by atoms with E-state index in [0.29, 0.717) is 12.8 Å². The third-order valence-corrected chi connectivity index (χ3v) is 4.83. The Kier molecular flexibility index (Phi) is 10.1. The van der Waals surface area contributed by atoms with E-state index < -0.39 is 20.0 Å². The lowest BCUT2D eigenvalue weighted by molar-refractivity contribution is -0.122. The number of carbonyl (C=O) groups excluding carboxylic acids is 1. The smallest absolute Gasteiger partial charge is 0.347 e. The highest BCUT2D eigenvalue weighted by molar-refractivity contribution is 7.46. The van der Waals surface area contributed by atoms with Gasteiger partial charge in [-0.05, 0) is 17.5 Å². The molecule has 6 nitrogen and oxygen atoms in total. The molecule has 1 aliphatic rings. The van der Waals surface area contributed by atoms with Crippen LogP contribution in [-0.2, 0) is 20.3 Å². The SMILES string of the molecule is CC.CCCCCCCC(=O)N[C@@H]1c2ccccc2C[C@H]1OP(=O)(O)O. The van der Waals surface area contributed by atoms with Gasteiger partial charge >= 0.3 is 7.82 Å². The predicted molar refractivity (Wildman–Crippen MR) is 103 cm³/mol. The lowest BCUT2D eigenvalue weighted by Gasteiger charge is -2.22. The fraction of sp³-hybridized carbons (Fsp3) is 0.632. The van der Waals surface area contributed by atoms with Crippen LogP contribution in [0.25, 0.3) is 0 Å². The Labute approximate surface area is 156 Å². The number of carbonyl (C=O) groups is 1. The number of unbranched alkanes of at least 4 members (excludes halogenated alkanes) is 4. The maximum Gasteiger partial charge on any atom is 0.469 e. The van der Waals surface area contributed by atoms with Gasteiger partial charge in [0.05, 0.1) is 12.1 Å². The highest BCUT2D eigenvalue weighted by atomic mass is 31.2. The van der Waals surface area contributed by atoms with Gasteiger partial charge in [-0.3, -0.25) is 9.32 Å². The lowest BCUT2D eigenvalue weighted by Crippen LogP contribution is -2.34. The monoisotopic (exact) mass is 385 g/mol. The van der Waals surface area contributed by atoms with Crippen molar-refractivity contribution in [1.29, 1.82) is 0 Å². The molecule has 148 valence electrons. The van der Waals surface area contributed by atoms with Gasteiger partial charge in [0, 0.05) is 12.8 Å². The summed E-state index contributed by atoms with van der Waals surface area (Å²) < 4.78 is 16.1. The molecule has 0 spiro atoms. The van der Waals surface area contributed by atoms with Crippen molar-refractivity contribution in [3.8, 4) is 0 Å². The standard InChI is InChI=1S/C17H26NO5P.C2H6/c1-2-3-4-5-6-11-16(19)18-17-14-10-8-7-9-13(14)12-15(17)23-24(20,21)22;1-2/h7-10,15,17H,2-6,11-12H2,1H3,(H,18,19)(H2,20,21,22);1-2H3/t15-,17-;/m1./s1. The van der Waals surface area contributed by atoms with Crippen LogP contribution >= 0.6 is 7.82 Å². The Morgan fingerprint density at radius 3 is 2.50 bits per heavy atom. The number of rotatable bonds is 9. The summed E-state index contributed by atoms with van der Waals surface area (Å²) in [4.78, 5) is 30.4. The number of phosphoric acid groups is 1. The van der Waals surface area contributed by atoms with Gasteiger partial charge in [-0.2, -0.15) is 0 Å². The van der Waals surface area contributed by atoms with Crippen LogP contribution in [0.4, 0.5) is 0 Å². The largest absolute Gasteiger partial charge is 0.469 e. The van der Waals surface area contributed by atoms with Crippen LogP contribution in [0.3, 0.4) is 0 Å². The van der Waals surface area contributed by atoms with Crippen molar-refractivity contribution in [2.75, 3.05) is 0 Å². The van der Waals surface area contributed by atoms with E-state index in [9.17, 15) is 9.36 Å². The fourth-order valence-electron chi connectivity index (χ4n) is 3.14. The highest BCUT2D eigenvalue weighted by Gasteiger charge is 2.37. The van der Waals surface area contributed by atoms with Gasteiger partial charge in [0.1, 0.15) is 0 Å². The van der Waals surface area contributed by atoms with Crippen LogP contribution < -0.4 is 5.32 Å². The predicted octanol–water partition coefficient (Wildman–Crippen LogP) is 4.26. The minimum absolute atomic E-state index is 0.104. The molecular formula is C19H32NO5P. The summed E-state index contributed by atoms with van der Waals surface area (Å²) in [5.74, 6) is -0.104. The summed E-state index contributed by atoms with van der Waals surface area (Å²) in [5, 5.41) is 2.89. The second-order valence-corrected chi connectivity index (χ2v) is 7.44. The minimum atomic E-state index is -4.61. The zero-order valence-corrected chi connectivity index (χ0v) is 16.9. The molecule has 3 N–H and O–H groups in total. The highest BCUT2D eigenvalue weighted by Crippen LogP contribution is 2.44. The summed E-state index contributed by atoms with van der Waals surface area (Å²) in [6, 6.07) is 6.96. The number of benzene rings is 1. The molecule has 0 aliphatic heterocycles. The molecule has 1 aliphatic carbocycles. The molecular weight excluding hydrogens is 353 g/mol. The lowest BCUT2D eigenvalue weighted by atomic mass is 10.1. The third-order valence-electron chi connectivity index (χ3n) is 4.28. The Bertz CT molecular complexity index is 601. The molecule has 0 heterocycles. The van der Waals surface area contributed by atoms with Gasteiger partial charge in [-0.1, -0.05) is 70.7 Å². The zero-order valence-electron chi connectivity index (χ0n) is 16.0. The first-order valence-electron chi connectivity index (χ1n) is 9.52. The maximum atomic E-state index is 12.2. The molecule has 0 fully saturated rings. The van der Waals surface area contributed by atoms with Gasteiger partial charge in [0.25, 0.3) is 0 Å². The maximum absolute atomic E-state index is 12.2. The molecule has 0 saturated carbocycles. The molecule has 0 unspecified atom stereocenters. The summed E-state index contributed by atoms with van der Waals surface area (Å²) >= 11 is 0. The van der Waals surface area contributed by atoms with Crippen molar-refractivity contribution in [1.82, 2.24) is 5.32 Å². The van der Waals surface area contributed by atoms with Crippen LogP contribution in [0, 0.1) is 0 Å². The minimum Gasteiger partial charge on any atom is -0.347 e. The molecule has 26 heavy (non-hydrogen) atoms. The van der Waals surface area contributed by atoms with Crippen LogP contribution in [0.1, 0.15) is 76.5 Å². The number of nitrogens with one attached hydrogen (secondary N) is 1. The van der Waals surface area contributed by atoms with Crippen molar-refractivity contribution in [3.63, 3.8) is 0 Å². The van der Waals surface area contributed by atoms with Crippen LogP contribution in [0.15, 0.2) is 24.3 Å². The van der Waals surface area contributed by atoms with E-state index in [1.165, 1.54) is 6.42 Å². The molecule has 0 saturated heterocycles. The van der Waals surface area contributed by atoms with Gasteiger partial charge in [-0.25, -0.2) is 4.57 Å². The van der Waals surface area contributed by atoms with E-state index in [0.717, 1.165) is 36.8 Å². The molecule has 1 amide bonds. The van der Waals surface area contributed by atoms with Gasteiger partial charge < -0.3 is 15.1 Å². The van der Waals surface area contributed by atoms with Crippen molar-refractivity contribution in [2.24, 2.45) is 0 Å². The number of hydrogen-bond acceptors (Lipinski definition) is 3. The molecule has 2 rings (SSSR count). The first-order chi connectivity index (χ1) is 12.4. The first kappa shape index (κ1) is 22.8. The molecule has 0 bridgehead atoms. The summed E-state index contributed by atoms with van der Waals surface area (Å²) in [5.41, 5.74) is 1.82. The third kappa shape index (κ3) is 7.58. The number of hydrogen-bond donors (Lipinski definition) is 3. The molecule has 0 radical (unpaired) electrons. The van der Waals surface area contributed by atoms with E-state index >= 15 is 0 Å². The first-order valence-corrected chi connectivity index (χ1v) is 11.0. The summed E-state index contributed by atoms with van der Waals surface area (Å²) in [6.45, 7) is 6.14. The van der Waals surface area contributed by atoms with E-state index in [1.807, 2.05) is 38.1 Å². The quantitative estimate of drug-likeness (QED) is 0.436. The molecule has 7 heteroatoms. The van der Waals surface area contributed by atoms with E-state index in [1.54, 1.807) is 0 Å². The molecule has 2 atom stereocenters. The van der Waals surface area contributed by atoms with Crippen molar-refractivity contribution < 1.29 is 23.7 Å². The summed E-state index contributed by atoms with van der Waals surface area (Å²) in [7, 11) is -4.61. The number of phosphoric ester groups is 1. The number of amides is 1. The van der Waals surface area contributed by atoms with Crippen molar-refractivity contribution >= 4 is 13.7 Å². The fourth-order valence-corrected chi connectivity index (χ4v) is 3.69. The van der Waals surface area contributed by atoms with Gasteiger partial charge in [0.2, 0.25) is 5.91 Å². The van der Waals surface area contributed by atoms with E-state index in [4.69, 9.17) is 14.3 Å². The zero-order chi connectivity index (χ0) is 19.6. The van der Waals surface area contributed by atoms with Crippen LogP contribution in [0.2, 0.25) is 0 Å². The van der Waals surface area contributed by atoms with Crippen LogP contribution in [0.5, 0.6) is 0 Å². The van der Waals surface area contributed by atoms with E-state index in [-0.39, 0.29) is 5.91 Å². The van der Waals surface area contributed by atoms with E-state index in [2.05, 4.69) is 12.2 Å². The summed E-state index contributed by atoms with van der Waals surface area (Å²) in [6.07, 6.45) is 5.36. The van der Waals surface area contributed by atoms with Crippen molar-refractivity contribution in [2.45, 2.75) is 77.9 Å². The van der Waals surface area contributed by atoms with Gasteiger partial charge in [-0.15, -0.1) is 0 Å². The molecule has 0 aromatic heterocycles. The van der Waals surface area contributed by atoms with Gasteiger partial charge in [0.15, 0.2) is 0 Å². The Morgan fingerprint density at radius 2 is 1.85 bits per heavy atom. The topological polar surface area (TPSA) is 95.9 Å².